The zero-order chi connectivity index (χ0) is 20.1. The van der Waals surface area contributed by atoms with E-state index in [4.69, 9.17) is 15.5 Å². The van der Waals surface area contributed by atoms with Gasteiger partial charge in [0.2, 0.25) is 0 Å². The molecule has 2 aromatic carbocycles. The fourth-order valence-corrected chi connectivity index (χ4v) is 3.15. The standard InChI is InChI=1S/C22H22N4O2/c1-13-9-11-14(12-10-13)26-19(23)17(21(27)28-22(2,3)4)18-20(26)25-16-8-6-5-7-15(16)24-18/h5-12H,23H2,1-4H3. The van der Waals surface area contributed by atoms with Gasteiger partial charge in [0.05, 0.1) is 11.0 Å². The summed E-state index contributed by atoms with van der Waals surface area (Å²) >= 11 is 0. The van der Waals surface area contributed by atoms with Crippen molar-refractivity contribution in [3.63, 3.8) is 0 Å². The molecule has 0 saturated heterocycles. The number of esters is 1. The summed E-state index contributed by atoms with van der Waals surface area (Å²) < 4.78 is 7.35. The number of benzene rings is 2. The van der Waals surface area contributed by atoms with Crippen molar-refractivity contribution in [2.24, 2.45) is 0 Å². The van der Waals surface area contributed by atoms with Crippen molar-refractivity contribution in [3.05, 3.63) is 59.7 Å². The number of aromatic nitrogens is 3. The van der Waals surface area contributed by atoms with Crippen molar-refractivity contribution in [1.82, 2.24) is 14.5 Å². The zero-order valence-electron chi connectivity index (χ0n) is 16.4. The minimum absolute atomic E-state index is 0.240. The number of fused-ring (bicyclic) bond motifs is 2. The Bertz CT molecular complexity index is 1200. The second-order valence-electron chi connectivity index (χ2n) is 7.82. The largest absolute Gasteiger partial charge is 0.456 e. The van der Waals surface area contributed by atoms with Gasteiger partial charge in [-0.3, -0.25) is 4.57 Å². The lowest BCUT2D eigenvalue weighted by Gasteiger charge is -2.19. The number of para-hydroxylation sites is 2. The quantitative estimate of drug-likeness (QED) is 0.525. The molecule has 0 aliphatic carbocycles. The van der Waals surface area contributed by atoms with Gasteiger partial charge in [-0.25, -0.2) is 14.8 Å². The number of nitrogens with zero attached hydrogens (tertiary/aromatic N) is 3. The highest BCUT2D eigenvalue weighted by atomic mass is 16.6. The Morgan fingerprint density at radius 1 is 1.00 bits per heavy atom. The van der Waals surface area contributed by atoms with Gasteiger partial charge in [0, 0.05) is 5.69 Å². The average Bonchev–Trinajstić information content (AvgIpc) is 2.90. The molecule has 0 saturated carbocycles. The third-order valence-electron chi connectivity index (χ3n) is 4.39. The molecule has 2 aromatic heterocycles. The van der Waals surface area contributed by atoms with Gasteiger partial charge in [0.1, 0.15) is 22.5 Å². The number of hydrogen-bond acceptors (Lipinski definition) is 5. The predicted octanol–water partition coefficient (Wildman–Crippen LogP) is 4.42. The molecule has 0 aliphatic heterocycles. The van der Waals surface area contributed by atoms with E-state index in [1.165, 1.54) is 0 Å². The van der Waals surface area contributed by atoms with Crippen LogP contribution in [0.2, 0.25) is 0 Å². The van der Waals surface area contributed by atoms with Gasteiger partial charge < -0.3 is 10.5 Å². The maximum atomic E-state index is 12.9. The number of nitrogens with two attached hydrogens (primary N) is 1. The first kappa shape index (κ1) is 18.0. The molecule has 2 N–H and O–H groups in total. The highest BCUT2D eigenvalue weighted by Crippen LogP contribution is 2.32. The number of ether oxygens (including phenoxy) is 1. The molecule has 0 atom stereocenters. The first-order valence-electron chi connectivity index (χ1n) is 9.12. The van der Waals surface area contributed by atoms with Gasteiger partial charge in [-0.05, 0) is 52.0 Å². The van der Waals surface area contributed by atoms with E-state index in [0.29, 0.717) is 16.7 Å². The minimum Gasteiger partial charge on any atom is -0.456 e. The number of aryl methyl sites for hydroxylation is 1. The number of anilines is 1. The summed E-state index contributed by atoms with van der Waals surface area (Å²) in [4.78, 5) is 22.4. The van der Waals surface area contributed by atoms with Gasteiger partial charge in [0.15, 0.2) is 5.65 Å². The predicted molar refractivity (Wildman–Crippen MR) is 111 cm³/mol. The summed E-state index contributed by atoms with van der Waals surface area (Å²) in [6, 6.07) is 15.4. The number of nitrogen functional groups attached to an aromatic ring is 1. The summed E-state index contributed by atoms with van der Waals surface area (Å²) in [6.07, 6.45) is 0. The molecule has 0 bridgehead atoms. The fraction of sp³-hybridized carbons (Fsp3) is 0.227. The number of carbonyl (C=O) groups is 1. The Morgan fingerprint density at radius 2 is 1.61 bits per heavy atom. The van der Waals surface area contributed by atoms with Crippen LogP contribution < -0.4 is 5.73 Å². The normalized spacial score (nSPS) is 11.9. The van der Waals surface area contributed by atoms with E-state index in [9.17, 15) is 4.79 Å². The maximum Gasteiger partial charge on any atom is 0.344 e. The summed E-state index contributed by atoms with van der Waals surface area (Å²) in [5.41, 5.74) is 10.4. The van der Waals surface area contributed by atoms with Crippen molar-refractivity contribution < 1.29 is 9.53 Å². The zero-order valence-corrected chi connectivity index (χ0v) is 16.4. The summed E-state index contributed by atoms with van der Waals surface area (Å²) in [6.45, 7) is 7.48. The molecular weight excluding hydrogens is 352 g/mol. The monoisotopic (exact) mass is 374 g/mol. The molecule has 142 valence electrons. The van der Waals surface area contributed by atoms with E-state index in [1.807, 2.05) is 76.2 Å². The molecule has 4 rings (SSSR count). The minimum atomic E-state index is -0.647. The molecule has 0 aliphatic rings. The average molecular weight is 374 g/mol. The summed E-state index contributed by atoms with van der Waals surface area (Å²) in [5.74, 6) is -0.242. The molecule has 2 heterocycles. The first-order valence-corrected chi connectivity index (χ1v) is 9.12. The van der Waals surface area contributed by atoms with Gasteiger partial charge in [0.25, 0.3) is 0 Å². The molecule has 6 nitrogen and oxygen atoms in total. The molecule has 0 amide bonds. The van der Waals surface area contributed by atoms with Crippen LogP contribution in [0.3, 0.4) is 0 Å². The molecule has 28 heavy (non-hydrogen) atoms. The Labute approximate surface area is 163 Å². The van der Waals surface area contributed by atoms with Crippen LogP contribution in [0.5, 0.6) is 0 Å². The molecule has 0 spiro atoms. The molecule has 4 aromatic rings. The summed E-state index contributed by atoms with van der Waals surface area (Å²) in [5, 5.41) is 0. The van der Waals surface area contributed by atoms with E-state index < -0.39 is 11.6 Å². The molecule has 0 fully saturated rings. The van der Waals surface area contributed by atoms with E-state index in [0.717, 1.165) is 16.8 Å². The van der Waals surface area contributed by atoms with Crippen molar-refractivity contribution in [3.8, 4) is 5.69 Å². The van der Waals surface area contributed by atoms with E-state index >= 15 is 0 Å². The van der Waals surface area contributed by atoms with Crippen molar-refractivity contribution in [2.75, 3.05) is 5.73 Å². The first-order chi connectivity index (χ1) is 13.2. The Morgan fingerprint density at radius 3 is 2.21 bits per heavy atom. The van der Waals surface area contributed by atoms with Crippen LogP contribution in [-0.4, -0.2) is 26.1 Å². The van der Waals surface area contributed by atoms with Gasteiger partial charge in [-0.2, -0.15) is 0 Å². The second-order valence-corrected chi connectivity index (χ2v) is 7.82. The lowest BCUT2D eigenvalue weighted by Crippen LogP contribution is -2.24. The maximum absolute atomic E-state index is 12.9. The van der Waals surface area contributed by atoms with E-state index in [-0.39, 0.29) is 11.4 Å². The molecule has 0 radical (unpaired) electrons. The SMILES string of the molecule is Cc1ccc(-n2c(N)c(C(=O)OC(C)(C)C)c3nc4ccccc4nc32)cc1. The van der Waals surface area contributed by atoms with Crippen LogP contribution in [0.15, 0.2) is 48.5 Å². The highest BCUT2D eigenvalue weighted by molar-refractivity contribution is 6.09. The van der Waals surface area contributed by atoms with Gasteiger partial charge >= 0.3 is 5.97 Å². The summed E-state index contributed by atoms with van der Waals surface area (Å²) in [7, 11) is 0. The molecule has 0 unspecified atom stereocenters. The fourth-order valence-electron chi connectivity index (χ4n) is 3.15. The smallest absolute Gasteiger partial charge is 0.344 e. The van der Waals surface area contributed by atoms with Gasteiger partial charge in [-0.1, -0.05) is 29.8 Å². The van der Waals surface area contributed by atoms with Crippen LogP contribution >= 0.6 is 0 Å². The lowest BCUT2D eigenvalue weighted by molar-refractivity contribution is 0.00728. The number of carbonyl (C=O) groups excluding carboxylic acids is 1. The highest BCUT2D eigenvalue weighted by Gasteiger charge is 2.28. The lowest BCUT2D eigenvalue weighted by atomic mass is 10.2. The number of hydrogen-bond donors (Lipinski definition) is 1. The molecule has 6 heteroatoms. The van der Waals surface area contributed by atoms with Crippen molar-refractivity contribution in [2.45, 2.75) is 33.3 Å². The number of rotatable bonds is 2. The third kappa shape index (κ3) is 3.07. The van der Waals surface area contributed by atoms with E-state index in [2.05, 4.69) is 4.98 Å². The van der Waals surface area contributed by atoms with E-state index in [1.54, 1.807) is 4.57 Å². The Kier molecular flexibility index (Phi) is 4.07. The third-order valence-corrected chi connectivity index (χ3v) is 4.39. The Hall–Kier alpha value is -3.41. The van der Waals surface area contributed by atoms with Crippen LogP contribution in [-0.2, 0) is 4.74 Å². The Balaban J connectivity index is 2.05. The van der Waals surface area contributed by atoms with Crippen molar-refractivity contribution in [1.29, 1.82) is 0 Å². The van der Waals surface area contributed by atoms with Crippen molar-refractivity contribution >= 4 is 34.0 Å². The molecular formula is C22H22N4O2. The van der Waals surface area contributed by atoms with Gasteiger partial charge in [-0.15, -0.1) is 0 Å². The second kappa shape index (κ2) is 6.34. The van der Waals surface area contributed by atoms with Crippen LogP contribution in [0, 0.1) is 6.92 Å². The van der Waals surface area contributed by atoms with Crippen LogP contribution in [0.4, 0.5) is 5.82 Å². The van der Waals surface area contributed by atoms with Crippen LogP contribution in [0.25, 0.3) is 27.9 Å². The van der Waals surface area contributed by atoms with Crippen LogP contribution in [0.1, 0.15) is 36.7 Å². The topological polar surface area (TPSA) is 83.0 Å².